The Balaban J connectivity index is 1.94. The van der Waals surface area contributed by atoms with Gasteiger partial charge in [-0.2, -0.15) is 0 Å². The number of hydrogen-bond donors (Lipinski definition) is 2. The van der Waals surface area contributed by atoms with Gasteiger partial charge in [-0.3, -0.25) is 14.5 Å². The van der Waals surface area contributed by atoms with E-state index >= 15 is 0 Å². The molecule has 0 aromatic heterocycles. The third-order valence-corrected chi connectivity index (χ3v) is 4.07. The number of anilines is 2. The smallest absolute Gasteiger partial charge is 0.238 e. The number of nitrogens with one attached hydrogen (secondary N) is 2. The highest BCUT2D eigenvalue weighted by atomic mass is 16.2. The number of rotatable bonds is 7. The zero-order valence-corrected chi connectivity index (χ0v) is 15.0. The summed E-state index contributed by atoms with van der Waals surface area (Å²) in [7, 11) is 0. The largest absolute Gasteiger partial charge is 0.326 e. The van der Waals surface area contributed by atoms with Gasteiger partial charge in [-0.1, -0.05) is 37.3 Å². The second-order valence-corrected chi connectivity index (χ2v) is 5.96. The molecule has 0 radical (unpaired) electrons. The summed E-state index contributed by atoms with van der Waals surface area (Å²) in [4.78, 5) is 25.5. The second-order valence-electron chi connectivity index (χ2n) is 5.96. The number of benzene rings is 2. The number of likely N-dealkylation sites (N-methyl/N-ethyl adjacent to an activating group) is 1. The molecule has 0 fully saturated rings. The van der Waals surface area contributed by atoms with Crippen LogP contribution >= 0.6 is 0 Å². The first-order valence-corrected chi connectivity index (χ1v) is 8.46. The lowest BCUT2D eigenvalue weighted by molar-refractivity contribution is -0.118. The minimum Gasteiger partial charge on any atom is -0.326 e. The van der Waals surface area contributed by atoms with E-state index < -0.39 is 0 Å². The molecule has 0 bridgehead atoms. The molecule has 0 aliphatic carbocycles. The number of hydrogen-bond acceptors (Lipinski definition) is 3. The number of carbonyl (C=O) groups is 2. The van der Waals surface area contributed by atoms with Crippen LogP contribution in [0, 0.1) is 0 Å². The maximum atomic E-state index is 12.4. The number of carbonyl (C=O) groups excluding carboxylic acids is 2. The van der Waals surface area contributed by atoms with Crippen molar-refractivity contribution in [3.05, 3.63) is 60.2 Å². The van der Waals surface area contributed by atoms with Crippen molar-refractivity contribution in [2.75, 3.05) is 23.7 Å². The van der Waals surface area contributed by atoms with Crippen molar-refractivity contribution in [3.63, 3.8) is 0 Å². The molecule has 2 aromatic rings. The van der Waals surface area contributed by atoms with Crippen LogP contribution in [0.15, 0.2) is 54.6 Å². The van der Waals surface area contributed by atoms with Crippen LogP contribution in [0.3, 0.4) is 0 Å². The van der Waals surface area contributed by atoms with E-state index in [9.17, 15) is 9.59 Å². The highest BCUT2D eigenvalue weighted by Gasteiger charge is 2.17. The minimum absolute atomic E-state index is 0.0584. The molecule has 0 aliphatic heterocycles. The van der Waals surface area contributed by atoms with Gasteiger partial charge in [-0.15, -0.1) is 0 Å². The van der Waals surface area contributed by atoms with E-state index in [1.165, 1.54) is 12.5 Å². The molecule has 5 heteroatoms. The molecule has 2 N–H and O–H groups in total. The third kappa shape index (κ3) is 5.72. The summed E-state index contributed by atoms with van der Waals surface area (Å²) in [6.07, 6.45) is 0. The van der Waals surface area contributed by atoms with E-state index in [4.69, 9.17) is 0 Å². The van der Waals surface area contributed by atoms with Gasteiger partial charge in [0.1, 0.15) is 0 Å². The first-order valence-electron chi connectivity index (χ1n) is 8.46. The molecule has 2 amide bonds. The Morgan fingerprint density at radius 1 is 0.960 bits per heavy atom. The summed E-state index contributed by atoms with van der Waals surface area (Å²) < 4.78 is 0. The van der Waals surface area contributed by atoms with Crippen LogP contribution in [0.4, 0.5) is 11.4 Å². The molecular weight excluding hydrogens is 314 g/mol. The highest BCUT2D eigenvalue weighted by Crippen LogP contribution is 2.19. The fourth-order valence-electron chi connectivity index (χ4n) is 2.69. The Morgan fingerprint density at radius 3 is 2.04 bits per heavy atom. The molecule has 132 valence electrons. The Kier molecular flexibility index (Phi) is 6.71. The van der Waals surface area contributed by atoms with Gasteiger partial charge >= 0.3 is 0 Å². The van der Waals surface area contributed by atoms with Crippen molar-refractivity contribution >= 4 is 23.2 Å². The molecule has 0 saturated carbocycles. The Morgan fingerprint density at radius 2 is 1.52 bits per heavy atom. The van der Waals surface area contributed by atoms with Crippen LogP contribution in [0.25, 0.3) is 0 Å². The molecule has 5 nitrogen and oxygen atoms in total. The zero-order valence-electron chi connectivity index (χ0n) is 15.0. The Bertz CT molecular complexity index is 699. The number of amides is 2. The SMILES string of the molecule is CCN(CC(=O)Nc1ccc(NC(C)=O)cc1)[C@@H](C)c1ccccc1. The van der Waals surface area contributed by atoms with E-state index in [-0.39, 0.29) is 17.9 Å². The van der Waals surface area contributed by atoms with Crippen LogP contribution in [-0.2, 0) is 9.59 Å². The van der Waals surface area contributed by atoms with Gasteiger partial charge in [-0.05, 0) is 43.3 Å². The predicted octanol–water partition coefficient (Wildman–Crippen LogP) is 3.67. The molecule has 0 heterocycles. The molecular formula is C20H25N3O2. The van der Waals surface area contributed by atoms with E-state index in [0.717, 1.165) is 6.54 Å². The number of nitrogens with zero attached hydrogens (tertiary/aromatic N) is 1. The highest BCUT2D eigenvalue weighted by molar-refractivity contribution is 5.93. The third-order valence-electron chi connectivity index (χ3n) is 4.07. The second kappa shape index (κ2) is 8.99. The maximum absolute atomic E-state index is 12.4. The quantitative estimate of drug-likeness (QED) is 0.809. The van der Waals surface area contributed by atoms with Gasteiger partial charge in [0, 0.05) is 24.3 Å². The van der Waals surface area contributed by atoms with E-state index in [0.29, 0.717) is 17.9 Å². The first-order chi connectivity index (χ1) is 12.0. The van der Waals surface area contributed by atoms with Crippen LogP contribution in [-0.4, -0.2) is 29.8 Å². The van der Waals surface area contributed by atoms with Crippen molar-refractivity contribution in [1.29, 1.82) is 0 Å². The molecule has 0 aliphatic rings. The van der Waals surface area contributed by atoms with Crippen LogP contribution < -0.4 is 10.6 Å². The predicted molar refractivity (Wildman–Crippen MR) is 101 cm³/mol. The fourth-order valence-corrected chi connectivity index (χ4v) is 2.69. The van der Waals surface area contributed by atoms with Gasteiger partial charge in [0.15, 0.2) is 0 Å². The van der Waals surface area contributed by atoms with Gasteiger partial charge in [0.05, 0.1) is 6.54 Å². The van der Waals surface area contributed by atoms with Crippen molar-refractivity contribution in [2.24, 2.45) is 0 Å². The average Bonchev–Trinajstić information content (AvgIpc) is 2.61. The van der Waals surface area contributed by atoms with Gasteiger partial charge < -0.3 is 10.6 Å². The van der Waals surface area contributed by atoms with Crippen molar-refractivity contribution in [1.82, 2.24) is 4.90 Å². The van der Waals surface area contributed by atoms with Crippen LogP contribution in [0.5, 0.6) is 0 Å². The van der Waals surface area contributed by atoms with E-state index in [2.05, 4.69) is 41.5 Å². The van der Waals surface area contributed by atoms with Crippen molar-refractivity contribution in [2.45, 2.75) is 26.8 Å². The van der Waals surface area contributed by atoms with Gasteiger partial charge in [0.25, 0.3) is 0 Å². The molecule has 0 unspecified atom stereocenters. The first kappa shape index (κ1) is 18.7. The molecule has 0 saturated heterocycles. The molecule has 1 atom stereocenters. The lowest BCUT2D eigenvalue weighted by Gasteiger charge is -2.27. The van der Waals surface area contributed by atoms with Crippen LogP contribution in [0.2, 0.25) is 0 Å². The van der Waals surface area contributed by atoms with E-state index in [1.54, 1.807) is 24.3 Å². The summed E-state index contributed by atoms with van der Waals surface area (Å²) in [5.74, 6) is -0.179. The normalized spacial score (nSPS) is 11.8. The Labute approximate surface area is 149 Å². The molecule has 2 aromatic carbocycles. The van der Waals surface area contributed by atoms with E-state index in [1.807, 2.05) is 18.2 Å². The summed E-state index contributed by atoms with van der Waals surface area (Å²) in [5.41, 5.74) is 2.61. The topological polar surface area (TPSA) is 61.4 Å². The lowest BCUT2D eigenvalue weighted by Crippen LogP contribution is -2.35. The maximum Gasteiger partial charge on any atom is 0.238 e. The standard InChI is InChI=1S/C20H25N3O2/c1-4-23(15(2)17-8-6-5-7-9-17)14-20(25)22-19-12-10-18(11-13-19)21-16(3)24/h5-13,15H,4,14H2,1-3H3,(H,21,24)(H,22,25)/t15-/m0/s1. The van der Waals surface area contributed by atoms with Gasteiger partial charge in [0.2, 0.25) is 11.8 Å². The van der Waals surface area contributed by atoms with Crippen molar-refractivity contribution < 1.29 is 9.59 Å². The fraction of sp³-hybridized carbons (Fsp3) is 0.300. The van der Waals surface area contributed by atoms with Crippen molar-refractivity contribution in [3.8, 4) is 0 Å². The monoisotopic (exact) mass is 339 g/mol. The van der Waals surface area contributed by atoms with Crippen LogP contribution in [0.1, 0.15) is 32.4 Å². The lowest BCUT2D eigenvalue weighted by atomic mass is 10.1. The Hall–Kier alpha value is -2.66. The summed E-state index contributed by atoms with van der Waals surface area (Å²) >= 11 is 0. The van der Waals surface area contributed by atoms with Gasteiger partial charge in [-0.25, -0.2) is 0 Å². The molecule has 25 heavy (non-hydrogen) atoms. The molecule has 2 rings (SSSR count). The molecule has 0 spiro atoms. The summed E-state index contributed by atoms with van der Waals surface area (Å²) in [6, 6.07) is 17.4. The summed E-state index contributed by atoms with van der Waals surface area (Å²) in [5, 5.41) is 5.60. The summed E-state index contributed by atoms with van der Waals surface area (Å²) in [6.45, 7) is 6.72. The zero-order chi connectivity index (χ0) is 18.2. The minimum atomic E-state index is -0.120. The average molecular weight is 339 g/mol.